The highest BCUT2D eigenvalue weighted by atomic mass is 16.1. The van der Waals surface area contributed by atoms with E-state index in [0.29, 0.717) is 12.1 Å². The van der Waals surface area contributed by atoms with Gasteiger partial charge in [-0.25, -0.2) is 9.97 Å². The van der Waals surface area contributed by atoms with E-state index in [0.717, 1.165) is 12.8 Å². The van der Waals surface area contributed by atoms with Crippen molar-refractivity contribution in [3.05, 3.63) is 24.3 Å². The molecule has 1 aromatic rings. The van der Waals surface area contributed by atoms with E-state index >= 15 is 0 Å². The van der Waals surface area contributed by atoms with Crippen LogP contribution in [0.2, 0.25) is 0 Å². The van der Waals surface area contributed by atoms with Crippen LogP contribution in [-0.4, -0.2) is 15.8 Å². The summed E-state index contributed by atoms with van der Waals surface area (Å²) >= 11 is 0. The molecule has 3 nitrogen and oxygen atoms in total. The molecule has 0 atom stereocenters. The van der Waals surface area contributed by atoms with Crippen molar-refractivity contribution < 1.29 is 4.79 Å². The molecule has 1 radical (unpaired) electrons. The average molecular weight is 261 g/mol. The molecular weight excluding hydrogens is 236 g/mol. The van der Waals surface area contributed by atoms with Crippen molar-refractivity contribution in [3.63, 3.8) is 0 Å². The number of carbonyl (C=O) groups excluding carboxylic acids is 1. The van der Waals surface area contributed by atoms with E-state index in [4.69, 9.17) is 0 Å². The van der Waals surface area contributed by atoms with E-state index in [1.807, 2.05) is 0 Å². The molecular formula is C16H25N2O. The number of carbonyl (C=O) groups is 1. The van der Waals surface area contributed by atoms with Gasteiger partial charge in [-0.1, -0.05) is 58.3 Å². The summed E-state index contributed by atoms with van der Waals surface area (Å²) in [5, 5.41) is 0. The Bertz CT molecular complexity index is 338. The second kappa shape index (κ2) is 10.7. The third-order valence-electron chi connectivity index (χ3n) is 3.33. The number of ketones is 1. The summed E-state index contributed by atoms with van der Waals surface area (Å²) in [5.74, 6) is 0.113. The number of hydrogen-bond acceptors (Lipinski definition) is 3. The van der Waals surface area contributed by atoms with Crippen LogP contribution in [0.4, 0.5) is 0 Å². The Morgan fingerprint density at radius 3 is 2.26 bits per heavy atom. The van der Waals surface area contributed by atoms with Crippen molar-refractivity contribution in [2.24, 2.45) is 0 Å². The Kier molecular flexibility index (Phi) is 8.86. The number of rotatable bonds is 11. The molecule has 0 amide bonds. The zero-order chi connectivity index (χ0) is 13.8. The summed E-state index contributed by atoms with van der Waals surface area (Å²) in [6.45, 7) is 2.24. The largest absolute Gasteiger partial charge is 0.292 e. The van der Waals surface area contributed by atoms with Crippen LogP contribution in [0.3, 0.4) is 0 Å². The van der Waals surface area contributed by atoms with Crippen LogP contribution in [0.25, 0.3) is 0 Å². The topological polar surface area (TPSA) is 42.9 Å². The summed E-state index contributed by atoms with van der Waals surface area (Å²) < 4.78 is 0. The maximum atomic E-state index is 11.7. The van der Waals surface area contributed by atoms with Crippen LogP contribution in [-0.2, 0) is 0 Å². The molecule has 0 aromatic carbocycles. The lowest BCUT2D eigenvalue weighted by molar-refractivity contribution is 0.0974. The summed E-state index contributed by atoms with van der Waals surface area (Å²) in [4.78, 5) is 19.3. The average Bonchev–Trinajstić information content (AvgIpc) is 2.46. The molecule has 0 unspecified atom stereocenters. The first-order valence-corrected chi connectivity index (χ1v) is 7.57. The van der Waals surface area contributed by atoms with Crippen LogP contribution < -0.4 is 0 Å². The smallest absolute Gasteiger partial charge is 0.198 e. The van der Waals surface area contributed by atoms with Crippen molar-refractivity contribution in [2.75, 3.05) is 0 Å². The van der Waals surface area contributed by atoms with Gasteiger partial charge in [-0.2, -0.15) is 0 Å². The molecule has 0 bridgehead atoms. The van der Waals surface area contributed by atoms with E-state index in [-0.39, 0.29) is 5.78 Å². The second-order valence-corrected chi connectivity index (χ2v) is 5.04. The standard InChI is InChI=1S/C16H25N2O/c1-2-3-4-5-6-7-8-9-10-11-16(19)15-12-13-17-14-18-15/h12-13H,2-11H2,1H3. The molecule has 19 heavy (non-hydrogen) atoms. The quantitative estimate of drug-likeness (QED) is 0.438. The van der Waals surface area contributed by atoms with Crippen LogP contribution in [0.1, 0.15) is 81.6 Å². The van der Waals surface area contributed by atoms with Gasteiger partial charge >= 0.3 is 0 Å². The van der Waals surface area contributed by atoms with E-state index in [2.05, 4.69) is 23.2 Å². The lowest BCUT2D eigenvalue weighted by atomic mass is 10.0. The number of Topliss-reactive ketones (excluding diaryl/α,β-unsaturated/α-hetero) is 1. The number of nitrogens with zero attached hydrogens (tertiary/aromatic N) is 2. The van der Waals surface area contributed by atoms with Crippen molar-refractivity contribution >= 4 is 5.78 Å². The van der Waals surface area contributed by atoms with E-state index < -0.39 is 0 Å². The highest BCUT2D eigenvalue weighted by Crippen LogP contribution is 2.11. The number of aromatic nitrogens is 2. The van der Waals surface area contributed by atoms with Gasteiger partial charge in [0.1, 0.15) is 5.69 Å². The molecule has 0 N–H and O–H groups in total. The van der Waals surface area contributed by atoms with Gasteiger partial charge in [0.25, 0.3) is 0 Å². The van der Waals surface area contributed by atoms with Gasteiger partial charge in [-0.05, 0) is 12.5 Å². The first-order valence-electron chi connectivity index (χ1n) is 7.57. The Balaban J connectivity index is 1.95. The molecule has 1 rings (SSSR count). The first kappa shape index (κ1) is 15.8. The van der Waals surface area contributed by atoms with Crippen molar-refractivity contribution in [1.29, 1.82) is 0 Å². The minimum absolute atomic E-state index is 0.113. The predicted octanol–water partition coefficient (Wildman–Crippen LogP) is 4.38. The van der Waals surface area contributed by atoms with Gasteiger partial charge in [0.15, 0.2) is 12.1 Å². The van der Waals surface area contributed by atoms with Crippen LogP contribution in [0.5, 0.6) is 0 Å². The maximum Gasteiger partial charge on any atom is 0.198 e. The Morgan fingerprint density at radius 2 is 1.68 bits per heavy atom. The molecule has 105 valence electrons. The number of hydrogen-bond donors (Lipinski definition) is 0. The third-order valence-corrected chi connectivity index (χ3v) is 3.33. The van der Waals surface area contributed by atoms with Crippen molar-refractivity contribution in [1.82, 2.24) is 9.97 Å². The van der Waals surface area contributed by atoms with Crippen LogP contribution in [0, 0.1) is 6.33 Å². The fraction of sp³-hybridized carbons (Fsp3) is 0.688. The zero-order valence-electron chi connectivity index (χ0n) is 12.0. The monoisotopic (exact) mass is 261 g/mol. The lowest BCUT2D eigenvalue weighted by Crippen LogP contribution is -2.02. The molecule has 1 aromatic heterocycles. The van der Waals surface area contributed by atoms with Gasteiger partial charge in [-0.3, -0.25) is 4.79 Å². The van der Waals surface area contributed by atoms with Crippen LogP contribution in [0.15, 0.2) is 12.3 Å². The summed E-state index contributed by atoms with van der Waals surface area (Å²) in [6, 6.07) is 1.66. The summed E-state index contributed by atoms with van der Waals surface area (Å²) in [6.07, 6.45) is 16.0. The van der Waals surface area contributed by atoms with Crippen LogP contribution >= 0.6 is 0 Å². The molecule has 0 aliphatic heterocycles. The fourth-order valence-electron chi connectivity index (χ4n) is 2.14. The Hall–Kier alpha value is -1.25. The SMILES string of the molecule is CCCCCCCCCCCC(=O)c1ccn[c]n1. The highest BCUT2D eigenvalue weighted by molar-refractivity contribution is 5.93. The molecule has 0 aliphatic rings. The minimum Gasteiger partial charge on any atom is -0.292 e. The second-order valence-electron chi connectivity index (χ2n) is 5.04. The van der Waals surface area contributed by atoms with Gasteiger partial charge in [0.05, 0.1) is 0 Å². The van der Waals surface area contributed by atoms with E-state index in [1.165, 1.54) is 44.9 Å². The van der Waals surface area contributed by atoms with Gasteiger partial charge < -0.3 is 0 Å². The third kappa shape index (κ3) is 7.70. The molecule has 0 aliphatic carbocycles. The number of unbranched alkanes of at least 4 members (excludes halogenated alkanes) is 8. The normalized spacial score (nSPS) is 10.6. The van der Waals surface area contributed by atoms with Crippen molar-refractivity contribution in [3.8, 4) is 0 Å². The van der Waals surface area contributed by atoms with Gasteiger partial charge in [0.2, 0.25) is 0 Å². The Labute approximate surface area is 116 Å². The minimum atomic E-state index is 0.113. The van der Waals surface area contributed by atoms with E-state index in [1.54, 1.807) is 12.3 Å². The highest BCUT2D eigenvalue weighted by Gasteiger charge is 2.05. The summed E-state index contributed by atoms with van der Waals surface area (Å²) in [7, 11) is 0. The van der Waals surface area contributed by atoms with Gasteiger partial charge in [0, 0.05) is 12.6 Å². The molecule has 0 saturated heterocycles. The van der Waals surface area contributed by atoms with Crippen molar-refractivity contribution in [2.45, 2.75) is 71.1 Å². The molecule has 0 saturated carbocycles. The Morgan fingerprint density at radius 1 is 1.05 bits per heavy atom. The van der Waals surface area contributed by atoms with Gasteiger partial charge in [-0.15, -0.1) is 0 Å². The molecule has 3 heteroatoms. The zero-order valence-corrected chi connectivity index (χ0v) is 12.0. The summed E-state index contributed by atoms with van der Waals surface area (Å²) in [5.41, 5.74) is 0.495. The predicted molar refractivity (Wildman–Crippen MR) is 77.0 cm³/mol. The van der Waals surface area contributed by atoms with E-state index in [9.17, 15) is 4.79 Å². The first-order chi connectivity index (χ1) is 9.34. The molecule has 0 fully saturated rings. The maximum absolute atomic E-state index is 11.7. The lowest BCUT2D eigenvalue weighted by Gasteiger charge is -2.02. The molecule has 1 heterocycles. The molecule has 0 spiro atoms. The fourth-order valence-corrected chi connectivity index (χ4v) is 2.14.